The third-order valence-electron chi connectivity index (χ3n) is 4.98. The average Bonchev–Trinajstić information content (AvgIpc) is 2.55. The fourth-order valence-electron chi connectivity index (χ4n) is 3.57. The van der Waals surface area contributed by atoms with Crippen LogP contribution >= 0.6 is 0 Å². The monoisotopic (exact) mass is 330 g/mol. The predicted molar refractivity (Wildman–Crippen MR) is 88.8 cm³/mol. The number of carbonyl (C=O) groups excluding carboxylic acids is 2. The Morgan fingerprint density at radius 3 is 2.38 bits per heavy atom. The molecule has 0 saturated carbocycles. The maximum atomic E-state index is 11.9. The predicted octanol–water partition coefficient (Wildman–Crippen LogP) is 1.90. The van der Waals surface area contributed by atoms with Crippen LogP contribution in [-0.4, -0.2) is 36.0 Å². The Kier molecular flexibility index (Phi) is 4.83. The minimum absolute atomic E-state index is 0.197. The summed E-state index contributed by atoms with van der Waals surface area (Å²) >= 11 is 0. The van der Waals surface area contributed by atoms with Crippen LogP contribution in [0.15, 0.2) is 24.3 Å². The molecule has 2 heterocycles. The van der Waals surface area contributed by atoms with Gasteiger partial charge in [0.05, 0.1) is 5.92 Å². The van der Waals surface area contributed by atoms with Crippen LogP contribution in [0.1, 0.15) is 43.6 Å². The zero-order valence-electron chi connectivity index (χ0n) is 13.5. The summed E-state index contributed by atoms with van der Waals surface area (Å²) in [4.78, 5) is 36.2. The van der Waals surface area contributed by atoms with E-state index in [0.717, 1.165) is 37.2 Å². The number of anilines is 1. The van der Waals surface area contributed by atoms with E-state index in [2.05, 4.69) is 10.2 Å². The van der Waals surface area contributed by atoms with E-state index in [-0.39, 0.29) is 30.1 Å². The number of piperidine rings is 2. The van der Waals surface area contributed by atoms with Gasteiger partial charge in [0.15, 0.2) is 0 Å². The highest BCUT2D eigenvalue weighted by molar-refractivity contribution is 6.00. The minimum atomic E-state index is -0.720. The molecule has 2 aliphatic heterocycles. The summed E-state index contributed by atoms with van der Waals surface area (Å²) in [5.41, 5.74) is 2.03. The molecule has 0 bridgehead atoms. The number of carboxylic acid groups (broad SMARTS) is 1. The molecular formula is C18H22N2O4. The smallest absolute Gasteiger partial charge is 0.303 e. The van der Waals surface area contributed by atoms with E-state index in [1.54, 1.807) is 0 Å². The van der Waals surface area contributed by atoms with Crippen LogP contribution in [0, 0.1) is 5.92 Å². The molecule has 6 nitrogen and oxygen atoms in total. The normalized spacial score (nSPS) is 22.3. The Hall–Kier alpha value is -2.37. The van der Waals surface area contributed by atoms with E-state index in [9.17, 15) is 14.4 Å². The Morgan fingerprint density at radius 1 is 1.12 bits per heavy atom. The molecule has 2 fully saturated rings. The van der Waals surface area contributed by atoms with E-state index >= 15 is 0 Å². The first-order valence-corrected chi connectivity index (χ1v) is 8.43. The van der Waals surface area contributed by atoms with Crippen molar-refractivity contribution in [2.75, 3.05) is 18.0 Å². The van der Waals surface area contributed by atoms with Crippen molar-refractivity contribution < 1.29 is 19.5 Å². The van der Waals surface area contributed by atoms with Crippen molar-refractivity contribution in [2.45, 2.75) is 38.0 Å². The summed E-state index contributed by atoms with van der Waals surface area (Å²) < 4.78 is 0. The SMILES string of the molecule is O=C(O)CC1CCN(c2ccc([C@@H]3CCC(=O)NC3=O)cc2)CC1. The number of carboxylic acids is 1. The fourth-order valence-corrected chi connectivity index (χ4v) is 3.57. The Balaban J connectivity index is 1.60. The number of hydrogen-bond donors (Lipinski definition) is 2. The van der Waals surface area contributed by atoms with Crippen molar-refractivity contribution in [3.05, 3.63) is 29.8 Å². The number of nitrogens with zero attached hydrogens (tertiary/aromatic N) is 1. The molecule has 128 valence electrons. The number of benzene rings is 1. The summed E-state index contributed by atoms with van der Waals surface area (Å²) in [6.45, 7) is 1.71. The van der Waals surface area contributed by atoms with Gasteiger partial charge >= 0.3 is 5.97 Å². The lowest BCUT2D eigenvalue weighted by molar-refractivity contribution is -0.138. The summed E-state index contributed by atoms with van der Waals surface area (Å²) in [5, 5.41) is 11.3. The number of carbonyl (C=O) groups is 3. The van der Waals surface area contributed by atoms with Crippen LogP contribution in [-0.2, 0) is 14.4 Å². The molecule has 1 aromatic rings. The van der Waals surface area contributed by atoms with E-state index in [0.29, 0.717) is 12.8 Å². The standard InChI is InChI=1S/C18H22N2O4/c21-16-6-5-15(18(24)19-16)13-1-3-14(4-2-13)20-9-7-12(8-10-20)11-17(22)23/h1-4,12,15H,5-11H2,(H,22,23)(H,19,21,24)/t15-/m0/s1. The van der Waals surface area contributed by atoms with Gasteiger partial charge in [-0.3, -0.25) is 19.7 Å². The summed E-state index contributed by atoms with van der Waals surface area (Å²) in [6.07, 6.45) is 2.98. The Labute approximate surface area is 140 Å². The van der Waals surface area contributed by atoms with Crippen LogP contribution in [0.3, 0.4) is 0 Å². The lowest BCUT2D eigenvalue weighted by Crippen LogP contribution is -2.39. The van der Waals surface area contributed by atoms with Crippen molar-refractivity contribution in [1.82, 2.24) is 5.32 Å². The second kappa shape index (κ2) is 7.03. The first kappa shape index (κ1) is 16.5. The molecule has 0 aliphatic carbocycles. The molecule has 2 amide bonds. The molecule has 0 unspecified atom stereocenters. The Morgan fingerprint density at radius 2 is 1.79 bits per heavy atom. The van der Waals surface area contributed by atoms with E-state index in [1.165, 1.54) is 0 Å². The number of rotatable bonds is 4. The van der Waals surface area contributed by atoms with Crippen LogP contribution in [0.25, 0.3) is 0 Å². The highest BCUT2D eigenvalue weighted by Gasteiger charge is 2.28. The van der Waals surface area contributed by atoms with Gasteiger partial charge in [0, 0.05) is 31.6 Å². The van der Waals surface area contributed by atoms with E-state index in [4.69, 9.17) is 5.11 Å². The molecule has 2 aliphatic rings. The zero-order chi connectivity index (χ0) is 17.1. The second-order valence-electron chi connectivity index (χ2n) is 6.62. The quantitative estimate of drug-likeness (QED) is 0.824. The highest BCUT2D eigenvalue weighted by Crippen LogP contribution is 2.29. The molecule has 0 spiro atoms. The molecular weight excluding hydrogens is 308 g/mol. The minimum Gasteiger partial charge on any atom is -0.481 e. The summed E-state index contributed by atoms with van der Waals surface area (Å²) in [5.74, 6) is -1.12. The lowest BCUT2D eigenvalue weighted by Gasteiger charge is -2.33. The number of hydrogen-bond acceptors (Lipinski definition) is 4. The van der Waals surface area contributed by atoms with Gasteiger partial charge in [0.25, 0.3) is 0 Å². The largest absolute Gasteiger partial charge is 0.481 e. The van der Waals surface area contributed by atoms with Gasteiger partial charge in [0.1, 0.15) is 0 Å². The fraction of sp³-hybridized carbons (Fsp3) is 0.500. The average molecular weight is 330 g/mol. The van der Waals surface area contributed by atoms with E-state index < -0.39 is 5.97 Å². The van der Waals surface area contributed by atoms with Crippen molar-refractivity contribution in [3.8, 4) is 0 Å². The molecule has 3 rings (SSSR count). The summed E-state index contributed by atoms with van der Waals surface area (Å²) in [6, 6.07) is 7.94. The van der Waals surface area contributed by atoms with Crippen molar-refractivity contribution >= 4 is 23.5 Å². The highest BCUT2D eigenvalue weighted by atomic mass is 16.4. The van der Waals surface area contributed by atoms with Crippen LogP contribution in [0.2, 0.25) is 0 Å². The van der Waals surface area contributed by atoms with Crippen molar-refractivity contribution in [1.29, 1.82) is 0 Å². The summed E-state index contributed by atoms with van der Waals surface area (Å²) in [7, 11) is 0. The lowest BCUT2D eigenvalue weighted by atomic mass is 9.90. The molecule has 2 saturated heterocycles. The maximum Gasteiger partial charge on any atom is 0.303 e. The van der Waals surface area contributed by atoms with Crippen molar-refractivity contribution in [3.63, 3.8) is 0 Å². The van der Waals surface area contributed by atoms with E-state index in [1.807, 2.05) is 24.3 Å². The zero-order valence-corrected chi connectivity index (χ0v) is 13.5. The number of amides is 2. The van der Waals surface area contributed by atoms with Gasteiger partial charge in [-0.2, -0.15) is 0 Å². The molecule has 0 aromatic heterocycles. The molecule has 1 aromatic carbocycles. The number of aliphatic carboxylic acids is 1. The van der Waals surface area contributed by atoms with Gasteiger partial charge in [-0.1, -0.05) is 12.1 Å². The van der Waals surface area contributed by atoms with Gasteiger partial charge < -0.3 is 10.0 Å². The van der Waals surface area contributed by atoms with Gasteiger partial charge in [-0.25, -0.2) is 0 Å². The number of imide groups is 1. The third kappa shape index (κ3) is 3.75. The maximum absolute atomic E-state index is 11.9. The second-order valence-corrected chi connectivity index (χ2v) is 6.62. The molecule has 0 radical (unpaired) electrons. The first-order chi connectivity index (χ1) is 11.5. The molecule has 6 heteroatoms. The van der Waals surface area contributed by atoms with Crippen molar-refractivity contribution in [2.24, 2.45) is 5.92 Å². The topological polar surface area (TPSA) is 86.7 Å². The van der Waals surface area contributed by atoms with Gasteiger partial charge in [-0.15, -0.1) is 0 Å². The third-order valence-corrected chi connectivity index (χ3v) is 4.98. The van der Waals surface area contributed by atoms with Crippen LogP contribution in [0.4, 0.5) is 5.69 Å². The molecule has 1 atom stereocenters. The van der Waals surface area contributed by atoms with Gasteiger partial charge in [-0.05, 0) is 42.9 Å². The first-order valence-electron chi connectivity index (χ1n) is 8.43. The Bertz CT molecular complexity index is 633. The van der Waals surface area contributed by atoms with Crippen LogP contribution in [0.5, 0.6) is 0 Å². The van der Waals surface area contributed by atoms with Crippen LogP contribution < -0.4 is 10.2 Å². The van der Waals surface area contributed by atoms with Gasteiger partial charge in [0.2, 0.25) is 11.8 Å². The number of nitrogens with one attached hydrogen (secondary N) is 1. The molecule has 2 N–H and O–H groups in total. The molecule has 24 heavy (non-hydrogen) atoms.